The number of oxime groups is 1. The minimum Gasteiger partial charge on any atom is -0.409 e. The van der Waals surface area contributed by atoms with Crippen LogP contribution in [0.3, 0.4) is 0 Å². The molecule has 0 aliphatic carbocycles. The Labute approximate surface area is 81.6 Å². The van der Waals surface area contributed by atoms with Gasteiger partial charge in [-0.15, -0.1) is 0 Å². The highest BCUT2D eigenvalue weighted by molar-refractivity contribution is 7.99. The standard InChI is InChI=1S/C7H16N2O3S/c8-7(9-12)2-1-3-13-5-6(11)4-10/h6,10-12H,1-5H2,(H2,8,9). The van der Waals surface area contributed by atoms with Crippen molar-refractivity contribution in [2.24, 2.45) is 10.9 Å². The first-order valence-electron chi connectivity index (χ1n) is 4.03. The predicted octanol–water partition coefficient (Wildman–Crippen LogP) is -0.401. The van der Waals surface area contributed by atoms with E-state index in [1.165, 1.54) is 11.8 Å². The Balaban J connectivity index is 3.17. The van der Waals surface area contributed by atoms with Gasteiger partial charge in [0.1, 0.15) is 5.84 Å². The van der Waals surface area contributed by atoms with Gasteiger partial charge in [0.25, 0.3) is 0 Å². The topological polar surface area (TPSA) is 99.1 Å². The molecule has 0 spiro atoms. The highest BCUT2D eigenvalue weighted by Crippen LogP contribution is 2.06. The molecule has 0 aromatic carbocycles. The molecule has 78 valence electrons. The van der Waals surface area contributed by atoms with Crippen molar-refractivity contribution in [1.29, 1.82) is 0 Å². The van der Waals surface area contributed by atoms with E-state index in [1.54, 1.807) is 0 Å². The first-order chi connectivity index (χ1) is 6.20. The molecule has 6 heteroatoms. The van der Waals surface area contributed by atoms with Crippen LogP contribution in [0.1, 0.15) is 12.8 Å². The first kappa shape index (κ1) is 12.5. The molecule has 5 N–H and O–H groups in total. The van der Waals surface area contributed by atoms with Crippen LogP contribution in [0, 0.1) is 0 Å². The third-order valence-electron chi connectivity index (χ3n) is 1.37. The number of amidine groups is 1. The normalized spacial score (nSPS) is 14.5. The second-order valence-corrected chi connectivity index (χ2v) is 3.76. The quantitative estimate of drug-likeness (QED) is 0.150. The molecule has 5 nitrogen and oxygen atoms in total. The summed E-state index contributed by atoms with van der Waals surface area (Å²) in [6, 6.07) is 0. The number of hydrogen-bond donors (Lipinski definition) is 4. The molecule has 0 saturated heterocycles. The summed E-state index contributed by atoms with van der Waals surface area (Å²) in [4.78, 5) is 0. The molecular formula is C7H16N2O3S. The van der Waals surface area contributed by atoms with Crippen LogP contribution in [0.2, 0.25) is 0 Å². The molecule has 0 saturated carbocycles. The van der Waals surface area contributed by atoms with E-state index in [2.05, 4.69) is 5.16 Å². The van der Waals surface area contributed by atoms with Crippen molar-refractivity contribution < 1.29 is 15.4 Å². The van der Waals surface area contributed by atoms with Gasteiger partial charge in [-0.05, 0) is 12.2 Å². The lowest BCUT2D eigenvalue weighted by molar-refractivity contribution is 0.113. The number of rotatable bonds is 7. The third-order valence-corrected chi connectivity index (χ3v) is 2.57. The molecule has 1 atom stereocenters. The highest BCUT2D eigenvalue weighted by atomic mass is 32.2. The summed E-state index contributed by atoms with van der Waals surface area (Å²) in [5.41, 5.74) is 5.24. The maximum atomic E-state index is 8.95. The average molecular weight is 208 g/mol. The van der Waals surface area contributed by atoms with E-state index in [-0.39, 0.29) is 12.4 Å². The van der Waals surface area contributed by atoms with Gasteiger partial charge in [0.15, 0.2) is 0 Å². The number of nitrogens with zero attached hydrogens (tertiary/aromatic N) is 1. The molecule has 0 rings (SSSR count). The molecule has 0 radical (unpaired) electrons. The van der Waals surface area contributed by atoms with Crippen LogP contribution < -0.4 is 5.73 Å². The zero-order valence-electron chi connectivity index (χ0n) is 7.39. The second kappa shape index (κ2) is 8.15. The summed E-state index contributed by atoms with van der Waals surface area (Å²) in [5, 5.41) is 28.5. The van der Waals surface area contributed by atoms with Crippen LogP contribution in [0.5, 0.6) is 0 Å². The minimum absolute atomic E-state index is 0.201. The zero-order valence-corrected chi connectivity index (χ0v) is 8.20. The molecule has 0 aromatic heterocycles. The van der Waals surface area contributed by atoms with Gasteiger partial charge < -0.3 is 21.2 Å². The van der Waals surface area contributed by atoms with E-state index in [0.717, 1.165) is 12.2 Å². The van der Waals surface area contributed by atoms with Crippen LogP contribution in [0.4, 0.5) is 0 Å². The molecular weight excluding hydrogens is 192 g/mol. The van der Waals surface area contributed by atoms with Crippen molar-refractivity contribution in [3.8, 4) is 0 Å². The molecule has 0 aromatic rings. The molecule has 0 heterocycles. The Hall–Kier alpha value is -0.460. The zero-order chi connectivity index (χ0) is 10.1. The second-order valence-electron chi connectivity index (χ2n) is 2.61. The summed E-state index contributed by atoms with van der Waals surface area (Å²) in [6.45, 7) is -0.201. The van der Waals surface area contributed by atoms with Crippen molar-refractivity contribution in [3.63, 3.8) is 0 Å². The van der Waals surface area contributed by atoms with E-state index in [4.69, 9.17) is 21.2 Å². The summed E-state index contributed by atoms with van der Waals surface area (Å²) in [6.07, 6.45) is 0.714. The lowest BCUT2D eigenvalue weighted by Gasteiger charge is -2.05. The minimum atomic E-state index is -0.645. The van der Waals surface area contributed by atoms with Gasteiger partial charge in [-0.1, -0.05) is 5.16 Å². The van der Waals surface area contributed by atoms with Gasteiger partial charge in [-0.25, -0.2) is 0 Å². The van der Waals surface area contributed by atoms with Crippen molar-refractivity contribution in [2.75, 3.05) is 18.1 Å². The Bertz CT molecular complexity index is 155. The number of aliphatic hydroxyl groups is 2. The number of nitrogens with two attached hydrogens (primary N) is 1. The van der Waals surface area contributed by atoms with Crippen LogP contribution in [-0.4, -0.2) is 45.5 Å². The largest absolute Gasteiger partial charge is 0.409 e. The Morgan fingerprint density at radius 1 is 1.54 bits per heavy atom. The van der Waals surface area contributed by atoms with E-state index < -0.39 is 6.10 Å². The summed E-state index contributed by atoms with van der Waals surface area (Å²) in [7, 11) is 0. The fourth-order valence-corrected chi connectivity index (χ4v) is 1.57. The van der Waals surface area contributed by atoms with Crippen molar-refractivity contribution >= 4 is 17.6 Å². The van der Waals surface area contributed by atoms with Crippen molar-refractivity contribution in [3.05, 3.63) is 0 Å². The summed E-state index contributed by atoms with van der Waals surface area (Å²) in [5.74, 6) is 1.57. The average Bonchev–Trinajstić information content (AvgIpc) is 2.16. The number of hydrogen-bond acceptors (Lipinski definition) is 5. The van der Waals surface area contributed by atoms with Crippen molar-refractivity contribution in [1.82, 2.24) is 0 Å². The molecule has 13 heavy (non-hydrogen) atoms. The molecule has 0 aliphatic heterocycles. The van der Waals surface area contributed by atoms with Crippen LogP contribution in [0.25, 0.3) is 0 Å². The third kappa shape index (κ3) is 7.89. The highest BCUT2D eigenvalue weighted by Gasteiger charge is 2.01. The first-order valence-corrected chi connectivity index (χ1v) is 5.19. The van der Waals surface area contributed by atoms with Crippen LogP contribution in [0.15, 0.2) is 5.16 Å². The molecule has 0 bridgehead atoms. The lowest BCUT2D eigenvalue weighted by atomic mass is 10.3. The Morgan fingerprint density at radius 2 is 2.23 bits per heavy atom. The fraction of sp³-hybridized carbons (Fsp3) is 0.857. The predicted molar refractivity (Wildman–Crippen MR) is 53.1 cm³/mol. The van der Waals surface area contributed by atoms with E-state index in [9.17, 15) is 0 Å². The maximum Gasteiger partial charge on any atom is 0.139 e. The maximum absolute atomic E-state index is 8.95. The monoisotopic (exact) mass is 208 g/mol. The SMILES string of the molecule is NC(CCCSCC(O)CO)=NO. The van der Waals surface area contributed by atoms with Gasteiger partial charge >= 0.3 is 0 Å². The van der Waals surface area contributed by atoms with Gasteiger partial charge in [0.2, 0.25) is 0 Å². The van der Waals surface area contributed by atoms with Crippen LogP contribution >= 0.6 is 11.8 Å². The van der Waals surface area contributed by atoms with Gasteiger partial charge in [0, 0.05) is 12.2 Å². The Kier molecular flexibility index (Phi) is 7.86. The van der Waals surface area contributed by atoms with E-state index in [1.807, 2.05) is 0 Å². The lowest BCUT2D eigenvalue weighted by Crippen LogP contribution is -2.15. The summed E-state index contributed by atoms with van der Waals surface area (Å²) < 4.78 is 0. The van der Waals surface area contributed by atoms with Crippen molar-refractivity contribution in [2.45, 2.75) is 18.9 Å². The fourth-order valence-electron chi connectivity index (χ4n) is 0.677. The van der Waals surface area contributed by atoms with Gasteiger partial charge in [-0.3, -0.25) is 0 Å². The Morgan fingerprint density at radius 3 is 2.77 bits per heavy atom. The molecule has 1 unspecified atom stereocenters. The molecule has 0 fully saturated rings. The molecule has 0 aliphatic rings. The number of aliphatic hydroxyl groups excluding tert-OH is 2. The van der Waals surface area contributed by atoms with E-state index in [0.29, 0.717) is 12.2 Å². The van der Waals surface area contributed by atoms with Gasteiger partial charge in [-0.2, -0.15) is 11.8 Å². The smallest absolute Gasteiger partial charge is 0.139 e. The van der Waals surface area contributed by atoms with Crippen LogP contribution in [-0.2, 0) is 0 Å². The summed E-state index contributed by atoms with van der Waals surface area (Å²) >= 11 is 1.54. The van der Waals surface area contributed by atoms with E-state index >= 15 is 0 Å². The molecule has 0 amide bonds. The van der Waals surface area contributed by atoms with Gasteiger partial charge in [0.05, 0.1) is 12.7 Å². The number of thioether (sulfide) groups is 1.